The molecule has 0 saturated heterocycles. The molecule has 1 unspecified atom stereocenters. The second-order valence-corrected chi connectivity index (χ2v) is 7.07. The Kier molecular flexibility index (Phi) is 7.76. The van der Waals surface area contributed by atoms with E-state index in [0.717, 1.165) is 11.9 Å². The number of rotatable bonds is 5. The average molecular weight is 355 g/mol. The van der Waals surface area contributed by atoms with Gasteiger partial charge in [0.25, 0.3) is 0 Å². The Bertz CT molecular complexity index is 650. The molecule has 0 saturated carbocycles. The molecule has 128 valence electrons. The van der Waals surface area contributed by atoms with Crippen molar-refractivity contribution in [2.24, 2.45) is 0 Å². The van der Waals surface area contributed by atoms with E-state index in [4.69, 9.17) is 23.3 Å². The van der Waals surface area contributed by atoms with Gasteiger partial charge in [-0.2, -0.15) is 13.1 Å². The summed E-state index contributed by atoms with van der Waals surface area (Å²) in [6.07, 6.45) is 0.860. The first kappa shape index (κ1) is 20.6. The molecule has 1 aromatic rings. The van der Waals surface area contributed by atoms with Crippen LogP contribution < -0.4 is 15.4 Å². The highest BCUT2D eigenvalue weighted by Gasteiger charge is 2.16. The lowest BCUT2D eigenvalue weighted by atomic mass is 10.2. The quantitative estimate of drug-likeness (QED) is 0.335. The molecule has 1 aromatic carbocycles. The number of benzene rings is 1. The van der Waals surface area contributed by atoms with Crippen LogP contribution in [-0.4, -0.2) is 44.9 Å². The van der Waals surface area contributed by atoms with E-state index in [1.165, 1.54) is 0 Å². The molecule has 0 amide bonds. The third-order valence-corrected chi connectivity index (χ3v) is 3.19. The van der Waals surface area contributed by atoms with Gasteiger partial charge in [0.1, 0.15) is 0 Å². The van der Waals surface area contributed by atoms with E-state index >= 15 is 0 Å². The molecule has 0 spiro atoms. The molecular formula is C11H21N3O6S2. The second kappa shape index (κ2) is 8.29. The molecule has 0 radical (unpaired) electrons. The largest absolute Gasteiger partial charge is 0.399 e. The van der Waals surface area contributed by atoms with Gasteiger partial charge in [-0.3, -0.25) is 9.11 Å². The van der Waals surface area contributed by atoms with Crippen molar-refractivity contribution >= 4 is 31.8 Å². The predicted molar refractivity (Wildman–Crippen MR) is 85.5 cm³/mol. The number of nitrogens with one attached hydrogen (secondary N) is 1. The lowest BCUT2D eigenvalue weighted by Crippen LogP contribution is -2.46. The summed E-state index contributed by atoms with van der Waals surface area (Å²) in [4.78, 5) is 1.94. The van der Waals surface area contributed by atoms with Crippen molar-refractivity contribution in [1.82, 2.24) is 4.72 Å². The molecule has 22 heavy (non-hydrogen) atoms. The third kappa shape index (κ3) is 10.3. The van der Waals surface area contributed by atoms with E-state index in [1.54, 1.807) is 19.1 Å². The summed E-state index contributed by atoms with van der Waals surface area (Å²) in [7, 11) is -7.88. The lowest BCUT2D eigenvalue weighted by molar-refractivity contribution is 0.381. The summed E-state index contributed by atoms with van der Waals surface area (Å²) in [5, 5.41) is 0. The van der Waals surface area contributed by atoms with Crippen LogP contribution in [0.15, 0.2) is 24.3 Å². The van der Waals surface area contributed by atoms with Crippen LogP contribution in [0, 0.1) is 0 Å². The fourth-order valence-electron chi connectivity index (χ4n) is 1.72. The zero-order chi connectivity index (χ0) is 17.6. The number of nitrogens with two attached hydrogens (primary N) is 1. The van der Waals surface area contributed by atoms with E-state index in [0.29, 0.717) is 12.2 Å². The molecule has 1 rings (SSSR count). The zero-order valence-electron chi connectivity index (χ0n) is 12.5. The molecular weight excluding hydrogens is 334 g/mol. The number of sulfonamides is 1. The highest BCUT2D eigenvalue weighted by atomic mass is 32.3. The van der Waals surface area contributed by atoms with Crippen LogP contribution in [0.25, 0.3) is 0 Å². The molecule has 0 aliphatic heterocycles. The third-order valence-electron chi connectivity index (χ3n) is 2.42. The van der Waals surface area contributed by atoms with Crippen molar-refractivity contribution in [2.45, 2.75) is 20.0 Å². The minimum atomic E-state index is -4.67. The van der Waals surface area contributed by atoms with Crippen molar-refractivity contribution < 1.29 is 25.9 Å². The average Bonchev–Trinajstić information content (AvgIpc) is 2.28. The highest BCUT2D eigenvalue weighted by Crippen LogP contribution is 2.17. The summed E-state index contributed by atoms with van der Waals surface area (Å²) < 4.78 is 56.5. The van der Waals surface area contributed by atoms with Gasteiger partial charge in [0, 0.05) is 17.9 Å². The predicted octanol–water partition coefficient (Wildman–Crippen LogP) is 0.338. The first-order valence-corrected chi connectivity index (χ1v) is 9.41. The summed E-state index contributed by atoms with van der Waals surface area (Å²) in [6.45, 7) is 4.48. The SMILES string of the molecule is CCN(c1ccc(N)cc1)C(C)NS(C)(=O)=O.O=S(=O)(O)O. The molecule has 0 aliphatic rings. The van der Waals surface area contributed by atoms with Crippen molar-refractivity contribution in [3.63, 3.8) is 0 Å². The Morgan fingerprint density at radius 2 is 1.59 bits per heavy atom. The summed E-state index contributed by atoms with van der Waals surface area (Å²) in [5.41, 5.74) is 7.24. The van der Waals surface area contributed by atoms with Crippen molar-refractivity contribution in [1.29, 1.82) is 0 Å². The second-order valence-electron chi connectivity index (χ2n) is 4.39. The zero-order valence-corrected chi connectivity index (χ0v) is 14.1. The van der Waals surface area contributed by atoms with Crippen molar-refractivity contribution in [3.8, 4) is 0 Å². The van der Waals surface area contributed by atoms with Crippen LogP contribution in [0.3, 0.4) is 0 Å². The number of anilines is 2. The Morgan fingerprint density at radius 3 is 1.91 bits per heavy atom. The van der Waals surface area contributed by atoms with Gasteiger partial charge in [-0.05, 0) is 38.1 Å². The Morgan fingerprint density at radius 1 is 1.18 bits per heavy atom. The first-order chi connectivity index (χ1) is 9.83. The number of nitrogens with zero attached hydrogens (tertiary/aromatic N) is 1. The molecule has 0 bridgehead atoms. The normalized spacial score (nSPS) is 13.0. The number of nitrogen functional groups attached to an aromatic ring is 1. The van der Waals surface area contributed by atoms with Gasteiger partial charge < -0.3 is 10.6 Å². The molecule has 0 heterocycles. The minimum absolute atomic E-state index is 0.293. The molecule has 0 aliphatic carbocycles. The smallest absolute Gasteiger partial charge is 0.394 e. The summed E-state index contributed by atoms with van der Waals surface area (Å²) in [5.74, 6) is 0. The van der Waals surface area contributed by atoms with Crippen LogP contribution in [0.4, 0.5) is 11.4 Å². The van der Waals surface area contributed by atoms with Gasteiger partial charge >= 0.3 is 10.4 Å². The van der Waals surface area contributed by atoms with Gasteiger partial charge in [0.05, 0.1) is 12.4 Å². The number of hydrogen-bond donors (Lipinski definition) is 4. The number of hydrogen-bond acceptors (Lipinski definition) is 6. The lowest BCUT2D eigenvalue weighted by Gasteiger charge is -2.30. The van der Waals surface area contributed by atoms with E-state index in [2.05, 4.69) is 4.72 Å². The fourth-order valence-corrected chi connectivity index (χ4v) is 2.47. The summed E-state index contributed by atoms with van der Waals surface area (Å²) in [6, 6.07) is 7.34. The van der Waals surface area contributed by atoms with Crippen LogP contribution >= 0.6 is 0 Å². The Labute approximate surface area is 130 Å². The first-order valence-electron chi connectivity index (χ1n) is 6.13. The van der Waals surface area contributed by atoms with Crippen LogP contribution in [0.2, 0.25) is 0 Å². The molecule has 0 aromatic heterocycles. The van der Waals surface area contributed by atoms with Crippen LogP contribution in [0.1, 0.15) is 13.8 Å². The fraction of sp³-hybridized carbons (Fsp3) is 0.455. The van der Waals surface area contributed by atoms with Gasteiger partial charge in [-0.1, -0.05) is 0 Å². The van der Waals surface area contributed by atoms with Crippen LogP contribution in [0.5, 0.6) is 0 Å². The monoisotopic (exact) mass is 355 g/mol. The molecule has 0 fully saturated rings. The van der Waals surface area contributed by atoms with Crippen molar-refractivity contribution in [3.05, 3.63) is 24.3 Å². The van der Waals surface area contributed by atoms with Gasteiger partial charge in [0.2, 0.25) is 10.0 Å². The maximum atomic E-state index is 11.2. The Balaban J connectivity index is 0.000000763. The van der Waals surface area contributed by atoms with Crippen molar-refractivity contribution in [2.75, 3.05) is 23.4 Å². The molecule has 9 nitrogen and oxygen atoms in total. The maximum Gasteiger partial charge on any atom is 0.394 e. The highest BCUT2D eigenvalue weighted by molar-refractivity contribution is 7.88. The maximum absolute atomic E-state index is 11.2. The molecule has 5 N–H and O–H groups in total. The molecule has 11 heteroatoms. The standard InChI is InChI=1S/C11H19N3O2S.H2O4S/c1-4-14(9(2)13-17(3,15)16)11-7-5-10(12)6-8-11;1-5(2,3)4/h5-9,13H,4,12H2,1-3H3;(H2,1,2,3,4). The van der Waals surface area contributed by atoms with E-state index < -0.39 is 20.4 Å². The van der Waals surface area contributed by atoms with Crippen LogP contribution in [-0.2, 0) is 20.4 Å². The van der Waals surface area contributed by atoms with Gasteiger partial charge in [-0.15, -0.1) is 0 Å². The van der Waals surface area contributed by atoms with Gasteiger partial charge in [-0.25, -0.2) is 8.42 Å². The van der Waals surface area contributed by atoms with Gasteiger partial charge in [0.15, 0.2) is 0 Å². The van der Waals surface area contributed by atoms with E-state index in [-0.39, 0.29) is 6.17 Å². The van der Waals surface area contributed by atoms with E-state index in [9.17, 15) is 8.42 Å². The molecule has 1 atom stereocenters. The topological polar surface area (TPSA) is 150 Å². The Hall–Kier alpha value is -1.40. The summed E-state index contributed by atoms with van der Waals surface area (Å²) >= 11 is 0. The van der Waals surface area contributed by atoms with E-state index in [1.807, 2.05) is 24.0 Å². The minimum Gasteiger partial charge on any atom is -0.399 e.